The second kappa shape index (κ2) is 11.4. The fourth-order valence-electron chi connectivity index (χ4n) is 5.93. The number of nitriles is 1. The van der Waals surface area contributed by atoms with Crippen molar-refractivity contribution in [3.8, 4) is 6.07 Å². The summed E-state index contributed by atoms with van der Waals surface area (Å²) in [6, 6.07) is 8.44. The van der Waals surface area contributed by atoms with Crippen molar-refractivity contribution in [2.45, 2.75) is 66.1 Å². The van der Waals surface area contributed by atoms with Crippen LogP contribution in [0.25, 0.3) is 0 Å². The van der Waals surface area contributed by atoms with Gasteiger partial charge in [0.2, 0.25) is 5.91 Å². The van der Waals surface area contributed by atoms with E-state index in [1.54, 1.807) is 0 Å². The summed E-state index contributed by atoms with van der Waals surface area (Å²) in [6.07, 6.45) is -13.3. The second-order valence-electron chi connectivity index (χ2n) is 10.9. The zero-order chi connectivity index (χ0) is 32.0. The predicted octanol–water partition coefficient (Wildman–Crippen LogP) is 4.87. The summed E-state index contributed by atoms with van der Waals surface area (Å²) in [5.74, 6) is -1.40. The predicted molar refractivity (Wildman–Crippen MR) is 136 cm³/mol. The standard InChI is InChI=1S/C28H27F7N2O5S/c29-26(27(30,31)32,28(33,34)35)21-9-7-20(8-10-21)25(43(41,42)22-11-1-17(15-36)2-12-22)13-14-37(16-25)23(38)18-3-5-19(6-4-18)24(39)40/h1-2,7-12,18-19,24,39-40H,3-6,13-14,16H2/t18?,19?,25-/m0/s1. The summed E-state index contributed by atoms with van der Waals surface area (Å²) < 4.78 is 121. The molecule has 4 rings (SSSR count). The molecule has 1 heterocycles. The summed E-state index contributed by atoms with van der Waals surface area (Å²) >= 11 is 0. The third-order valence-corrected chi connectivity index (χ3v) is 11.0. The topological polar surface area (TPSA) is 119 Å². The van der Waals surface area contributed by atoms with Crippen LogP contribution in [0.4, 0.5) is 30.7 Å². The van der Waals surface area contributed by atoms with E-state index in [4.69, 9.17) is 5.26 Å². The minimum atomic E-state index is -6.36. The molecular formula is C28H27F7N2O5S. The van der Waals surface area contributed by atoms with Crippen LogP contribution in [0, 0.1) is 23.2 Å². The number of aliphatic hydroxyl groups is 2. The molecule has 2 aromatic rings. The molecule has 1 saturated carbocycles. The zero-order valence-corrected chi connectivity index (χ0v) is 23.2. The average Bonchev–Trinajstić information content (AvgIpc) is 3.43. The number of hydrogen-bond donors (Lipinski definition) is 2. The van der Waals surface area contributed by atoms with Crippen LogP contribution in [0.15, 0.2) is 53.4 Å². The van der Waals surface area contributed by atoms with Crippen LogP contribution < -0.4 is 0 Å². The average molecular weight is 637 g/mol. The van der Waals surface area contributed by atoms with Crippen molar-refractivity contribution < 1.29 is 54.2 Å². The fourth-order valence-corrected chi connectivity index (χ4v) is 8.01. The molecule has 2 N–H and O–H groups in total. The highest BCUT2D eigenvalue weighted by Crippen LogP contribution is 2.54. The third-order valence-electron chi connectivity index (χ3n) is 8.48. The molecule has 0 aromatic heterocycles. The molecule has 0 unspecified atom stereocenters. The van der Waals surface area contributed by atoms with Crippen molar-refractivity contribution in [2.24, 2.45) is 11.8 Å². The fraction of sp³-hybridized carbons (Fsp3) is 0.500. The summed E-state index contributed by atoms with van der Waals surface area (Å²) in [7, 11) is -4.51. The van der Waals surface area contributed by atoms with Crippen molar-refractivity contribution in [2.75, 3.05) is 13.1 Å². The number of alkyl halides is 7. The largest absolute Gasteiger partial charge is 0.435 e. The van der Waals surface area contributed by atoms with E-state index in [-0.39, 0.29) is 41.1 Å². The van der Waals surface area contributed by atoms with Crippen LogP contribution in [0.2, 0.25) is 0 Å². The molecule has 2 fully saturated rings. The van der Waals surface area contributed by atoms with Crippen LogP contribution in [0.3, 0.4) is 0 Å². The van der Waals surface area contributed by atoms with Crippen LogP contribution >= 0.6 is 0 Å². The van der Waals surface area contributed by atoms with Crippen molar-refractivity contribution in [3.63, 3.8) is 0 Å². The normalized spacial score (nSPS) is 23.8. The van der Waals surface area contributed by atoms with Gasteiger partial charge < -0.3 is 15.1 Å². The summed E-state index contributed by atoms with van der Waals surface area (Å²) in [5, 5.41) is 27.9. The molecule has 2 aliphatic rings. The van der Waals surface area contributed by atoms with Crippen LogP contribution in [-0.4, -0.2) is 61.2 Å². The molecule has 1 saturated heterocycles. The van der Waals surface area contributed by atoms with Crippen molar-refractivity contribution in [1.82, 2.24) is 4.90 Å². The van der Waals surface area contributed by atoms with Gasteiger partial charge >= 0.3 is 18.0 Å². The van der Waals surface area contributed by atoms with E-state index in [1.807, 2.05) is 6.07 Å². The number of amides is 1. The molecule has 234 valence electrons. The molecule has 1 atom stereocenters. The Labute approximate surface area is 242 Å². The number of benzene rings is 2. The van der Waals surface area contributed by atoms with Gasteiger partial charge in [0.05, 0.1) is 16.5 Å². The first kappa shape index (κ1) is 32.7. The maximum Gasteiger partial charge on any atom is 0.435 e. The van der Waals surface area contributed by atoms with Gasteiger partial charge in [-0.1, -0.05) is 24.3 Å². The van der Waals surface area contributed by atoms with Gasteiger partial charge in [-0.3, -0.25) is 4.79 Å². The zero-order valence-electron chi connectivity index (χ0n) is 22.4. The molecule has 1 aliphatic carbocycles. The SMILES string of the molecule is N#Cc1ccc(S(=O)(=O)[C@@]2(c3ccc(C(F)(C(F)(F)F)C(F)(F)F)cc3)CCN(C(=O)C3CCC(C(O)O)CC3)C2)cc1. The minimum Gasteiger partial charge on any atom is -0.368 e. The number of likely N-dealkylation sites (tertiary alicyclic amines) is 1. The lowest BCUT2D eigenvalue weighted by atomic mass is 9.81. The number of rotatable bonds is 6. The molecule has 0 spiro atoms. The number of nitrogens with zero attached hydrogens (tertiary/aromatic N) is 2. The number of halogens is 7. The Kier molecular flexibility index (Phi) is 8.64. The van der Waals surface area contributed by atoms with Gasteiger partial charge in [-0.2, -0.15) is 31.6 Å². The van der Waals surface area contributed by atoms with E-state index in [9.17, 15) is 54.2 Å². The number of carbonyl (C=O) groups excluding carboxylic acids is 1. The Bertz CT molecular complexity index is 1460. The maximum absolute atomic E-state index is 14.7. The molecule has 7 nitrogen and oxygen atoms in total. The first-order chi connectivity index (χ1) is 19.9. The molecule has 15 heteroatoms. The van der Waals surface area contributed by atoms with Gasteiger partial charge in [0.25, 0.3) is 0 Å². The van der Waals surface area contributed by atoms with Gasteiger partial charge in [0.1, 0.15) is 4.75 Å². The first-order valence-electron chi connectivity index (χ1n) is 13.2. The number of hydrogen-bond acceptors (Lipinski definition) is 6. The van der Waals surface area contributed by atoms with Gasteiger partial charge in [0.15, 0.2) is 16.1 Å². The lowest BCUT2D eigenvalue weighted by Gasteiger charge is -2.34. The van der Waals surface area contributed by atoms with E-state index in [0.717, 1.165) is 12.1 Å². The van der Waals surface area contributed by atoms with Gasteiger partial charge in [-0.15, -0.1) is 0 Å². The van der Waals surface area contributed by atoms with E-state index < -0.39 is 68.7 Å². The van der Waals surface area contributed by atoms with Crippen molar-refractivity contribution >= 4 is 15.7 Å². The second-order valence-corrected chi connectivity index (χ2v) is 13.2. The molecular weight excluding hydrogens is 609 g/mol. The van der Waals surface area contributed by atoms with Crippen LogP contribution in [0.1, 0.15) is 48.8 Å². The molecule has 0 radical (unpaired) electrons. The third kappa shape index (κ3) is 5.60. The highest BCUT2D eigenvalue weighted by Gasteiger charge is 2.73. The summed E-state index contributed by atoms with van der Waals surface area (Å²) in [5.41, 5.74) is -7.61. The molecule has 43 heavy (non-hydrogen) atoms. The first-order valence-corrected chi connectivity index (χ1v) is 14.7. The maximum atomic E-state index is 14.7. The Hall–Kier alpha value is -3.22. The van der Waals surface area contributed by atoms with Crippen LogP contribution in [-0.2, 0) is 25.0 Å². The lowest BCUT2D eigenvalue weighted by Crippen LogP contribution is -2.50. The number of aliphatic hydroxyl groups excluding tert-OH is 1. The van der Waals surface area contributed by atoms with Crippen LogP contribution in [0.5, 0.6) is 0 Å². The Balaban J connectivity index is 1.75. The van der Waals surface area contributed by atoms with Gasteiger partial charge in [0, 0.05) is 30.5 Å². The van der Waals surface area contributed by atoms with E-state index in [1.165, 1.54) is 17.0 Å². The minimum absolute atomic E-state index is 0.114. The number of carbonyl (C=O) groups is 1. The van der Waals surface area contributed by atoms with Gasteiger partial charge in [-0.25, -0.2) is 12.8 Å². The smallest absolute Gasteiger partial charge is 0.368 e. The highest BCUT2D eigenvalue weighted by molar-refractivity contribution is 7.92. The van der Waals surface area contributed by atoms with Crippen molar-refractivity contribution in [3.05, 3.63) is 65.2 Å². The van der Waals surface area contributed by atoms with E-state index >= 15 is 0 Å². The number of sulfone groups is 1. The quantitative estimate of drug-likeness (QED) is 0.345. The molecule has 2 aromatic carbocycles. The van der Waals surface area contributed by atoms with Gasteiger partial charge in [-0.05, 0) is 61.9 Å². The lowest BCUT2D eigenvalue weighted by molar-refractivity contribution is -0.348. The summed E-state index contributed by atoms with van der Waals surface area (Å²) in [6.45, 7) is -0.605. The molecule has 1 aliphatic heterocycles. The van der Waals surface area contributed by atoms with E-state index in [2.05, 4.69) is 0 Å². The van der Waals surface area contributed by atoms with Crippen molar-refractivity contribution in [1.29, 1.82) is 5.26 Å². The Morgan fingerprint density at radius 2 is 1.44 bits per heavy atom. The Morgan fingerprint density at radius 1 is 0.907 bits per heavy atom. The molecule has 0 bridgehead atoms. The molecule has 1 amide bonds. The monoisotopic (exact) mass is 636 g/mol. The highest BCUT2D eigenvalue weighted by atomic mass is 32.2. The van der Waals surface area contributed by atoms with E-state index in [0.29, 0.717) is 37.8 Å². The summed E-state index contributed by atoms with van der Waals surface area (Å²) in [4.78, 5) is 14.4. The Morgan fingerprint density at radius 3 is 1.91 bits per heavy atom.